The van der Waals surface area contributed by atoms with Crippen LogP contribution in [0.4, 0.5) is 4.79 Å². The van der Waals surface area contributed by atoms with Gasteiger partial charge in [0.2, 0.25) is 0 Å². The molecule has 2 N–H and O–H groups in total. The Hall–Kier alpha value is -3.21. The number of nitriles is 1. The summed E-state index contributed by atoms with van der Waals surface area (Å²) in [4.78, 5) is 18.9. The van der Waals surface area contributed by atoms with E-state index >= 15 is 0 Å². The average Bonchev–Trinajstić information content (AvgIpc) is 3.20. The summed E-state index contributed by atoms with van der Waals surface area (Å²) in [6.07, 6.45) is 6.22. The van der Waals surface area contributed by atoms with Crippen molar-refractivity contribution in [3.63, 3.8) is 0 Å². The lowest BCUT2D eigenvalue weighted by molar-refractivity contribution is 0.112. The molecule has 4 rings (SSSR count). The van der Waals surface area contributed by atoms with Crippen molar-refractivity contribution in [2.45, 2.75) is 31.9 Å². The van der Waals surface area contributed by atoms with Crippen LogP contribution in [0, 0.1) is 11.3 Å². The number of aliphatic hydroxyl groups is 1. The minimum absolute atomic E-state index is 0.195. The van der Waals surface area contributed by atoms with Crippen LogP contribution in [-0.4, -0.2) is 39.7 Å². The first-order chi connectivity index (χ1) is 14.3. The largest absolute Gasteiger partial charge is 0.386 e. The van der Waals surface area contributed by atoms with Crippen LogP contribution in [0.25, 0.3) is 16.8 Å². The quantitative estimate of drug-likeness (QED) is 0.786. The summed E-state index contributed by atoms with van der Waals surface area (Å²) in [7, 11) is 1.73. The molecule has 2 aromatic rings. The normalized spacial score (nSPS) is 23.8. The number of amides is 2. The maximum Gasteiger partial charge on any atom is 0.322 e. The zero-order valence-corrected chi connectivity index (χ0v) is 17.8. The van der Waals surface area contributed by atoms with Crippen LogP contribution < -0.4 is 5.32 Å². The summed E-state index contributed by atoms with van der Waals surface area (Å²) >= 11 is 1.50. The van der Waals surface area contributed by atoms with Gasteiger partial charge in [0.1, 0.15) is 5.01 Å². The van der Waals surface area contributed by atoms with Crippen LogP contribution in [0.3, 0.4) is 0 Å². The third-order valence-corrected chi connectivity index (χ3v) is 6.30. The van der Waals surface area contributed by atoms with Crippen LogP contribution in [0.1, 0.15) is 30.8 Å². The Balaban J connectivity index is 1.79. The fourth-order valence-corrected chi connectivity index (χ4v) is 4.68. The molecule has 0 radical (unpaired) electrons. The van der Waals surface area contributed by atoms with E-state index in [1.807, 2.05) is 42.7 Å². The second-order valence-corrected chi connectivity index (χ2v) is 8.64. The third-order valence-electron chi connectivity index (χ3n) is 5.43. The molecule has 7 heteroatoms. The number of rotatable bonds is 3. The Morgan fingerprint density at radius 1 is 1.43 bits per heavy atom. The van der Waals surface area contributed by atoms with E-state index in [9.17, 15) is 15.2 Å². The van der Waals surface area contributed by atoms with Crippen LogP contribution in [0.5, 0.6) is 0 Å². The standard InChI is InChI=1S/C23H22N4O2S/c1-14-19(21-25-18(13-30-21)16-7-4-6-15(10-16)12-24)20(26-22(28)27(14)3)17-8-5-9-23(2,29)11-17/h4-8,10-11,13,20,29H,9H2,1-3H3,(H,26,28). The van der Waals surface area contributed by atoms with Gasteiger partial charge in [-0.1, -0.05) is 24.3 Å². The number of urea groups is 1. The van der Waals surface area contributed by atoms with Gasteiger partial charge in [-0.3, -0.25) is 0 Å². The molecule has 2 unspecified atom stereocenters. The van der Waals surface area contributed by atoms with E-state index in [0.29, 0.717) is 12.0 Å². The number of hydrogen-bond donors (Lipinski definition) is 2. The molecule has 0 saturated carbocycles. The van der Waals surface area contributed by atoms with Gasteiger partial charge in [0.25, 0.3) is 0 Å². The fourth-order valence-electron chi connectivity index (χ4n) is 3.72. The molecule has 6 nitrogen and oxygen atoms in total. The predicted molar refractivity (Wildman–Crippen MR) is 117 cm³/mol. The zero-order chi connectivity index (χ0) is 21.5. The highest BCUT2D eigenvalue weighted by molar-refractivity contribution is 7.11. The number of carbonyl (C=O) groups is 1. The van der Waals surface area contributed by atoms with E-state index < -0.39 is 11.6 Å². The Labute approximate surface area is 179 Å². The fraction of sp³-hybridized carbons (Fsp3) is 0.261. The molecule has 0 bridgehead atoms. The molecule has 30 heavy (non-hydrogen) atoms. The second kappa shape index (κ2) is 7.56. The summed E-state index contributed by atoms with van der Waals surface area (Å²) in [5.74, 6) is 0. The van der Waals surface area contributed by atoms with Gasteiger partial charge in [0.15, 0.2) is 0 Å². The van der Waals surface area contributed by atoms with Crippen LogP contribution in [-0.2, 0) is 0 Å². The van der Waals surface area contributed by atoms with E-state index in [4.69, 9.17) is 4.98 Å². The Morgan fingerprint density at radius 3 is 2.97 bits per heavy atom. The smallest absolute Gasteiger partial charge is 0.322 e. The van der Waals surface area contributed by atoms with Crippen molar-refractivity contribution in [2.24, 2.45) is 0 Å². The first-order valence-corrected chi connectivity index (χ1v) is 10.5. The van der Waals surface area contributed by atoms with Crippen LogP contribution >= 0.6 is 11.3 Å². The molecular formula is C23H22N4O2S. The molecule has 2 heterocycles. The van der Waals surface area contributed by atoms with Crippen molar-refractivity contribution in [2.75, 3.05) is 7.05 Å². The molecule has 2 amide bonds. The molecule has 1 aliphatic carbocycles. The van der Waals surface area contributed by atoms with Gasteiger partial charge in [-0.15, -0.1) is 11.3 Å². The third kappa shape index (κ3) is 3.67. The molecule has 2 atom stereocenters. The minimum atomic E-state index is -0.955. The highest BCUT2D eigenvalue weighted by Crippen LogP contribution is 2.37. The maximum absolute atomic E-state index is 12.5. The number of aromatic nitrogens is 1. The first-order valence-electron chi connectivity index (χ1n) is 9.62. The van der Waals surface area contributed by atoms with Gasteiger partial charge in [0.05, 0.1) is 29.0 Å². The summed E-state index contributed by atoms with van der Waals surface area (Å²) < 4.78 is 0. The van der Waals surface area contributed by atoms with Gasteiger partial charge >= 0.3 is 6.03 Å². The lowest BCUT2D eigenvalue weighted by Crippen LogP contribution is -2.49. The maximum atomic E-state index is 12.5. The molecule has 0 fully saturated rings. The first kappa shape index (κ1) is 20.1. The average molecular weight is 419 g/mol. The van der Waals surface area contributed by atoms with Crippen molar-refractivity contribution < 1.29 is 9.90 Å². The zero-order valence-electron chi connectivity index (χ0n) is 17.0. The number of benzene rings is 1. The van der Waals surface area contributed by atoms with E-state index in [1.165, 1.54) is 11.3 Å². The number of nitrogens with zero attached hydrogens (tertiary/aromatic N) is 3. The topological polar surface area (TPSA) is 89.2 Å². The number of carbonyl (C=O) groups excluding carboxylic acids is 1. The molecule has 1 aromatic heterocycles. The monoisotopic (exact) mass is 418 g/mol. The minimum Gasteiger partial charge on any atom is -0.386 e. The van der Waals surface area contributed by atoms with Gasteiger partial charge in [-0.2, -0.15) is 5.26 Å². The molecule has 0 saturated heterocycles. The molecule has 152 valence electrons. The van der Waals surface area contributed by atoms with Gasteiger partial charge < -0.3 is 15.3 Å². The van der Waals surface area contributed by atoms with Crippen molar-refractivity contribution >= 4 is 22.9 Å². The molecule has 1 aromatic carbocycles. The van der Waals surface area contributed by atoms with E-state index in [0.717, 1.165) is 33.1 Å². The van der Waals surface area contributed by atoms with Crippen molar-refractivity contribution in [3.8, 4) is 17.3 Å². The molecule has 2 aliphatic rings. The van der Waals surface area contributed by atoms with Gasteiger partial charge in [-0.05, 0) is 44.1 Å². The highest BCUT2D eigenvalue weighted by Gasteiger charge is 2.35. The summed E-state index contributed by atoms with van der Waals surface area (Å²) in [5.41, 5.74) is 3.84. The Morgan fingerprint density at radius 2 is 2.23 bits per heavy atom. The highest BCUT2D eigenvalue weighted by atomic mass is 32.1. The van der Waals surface area contributed by atoms with Crippen LogP contribution in [0.2, 0.25) is 0 Å². The number of nitrogens with one attached hydrogen (secondary N) is 1. The molecule has 0 spiro atoms. The lowest BCUT2D eigenvalue weighted by Gasteiger charge is -2.35. The number of thiazole rings is 1. The summed E-state index contributed by atoms with van der Waals surface area (Å²) in [5, 5.41) is 25.5. The summed E-state index contributed by atoms with van der Waals surface area (Å²) in [6.45, 7) is 3.66. The van der Waals surface area contributed by atoms with E-state index in [-0.39, 0.29) is 6.03 Å². The van der Waals surface area contributed by atoms with Crippen LogP contribution in [0.15, 0.2) is 59.1 Å². The number of hydrogen-bond acceptors (Lipinski definition) is 5. The van der Waals surface area contributed by atoms with E-state index in [1.54, 1.807) is 31.0 Å². The summed E-state index contributed by atoms with van der Waals surface area (Å²) in [6, 6.07) is 8.91. The van der Waals surface area contributed by atoms with E-state index in [2.05, 4.69) is 11.4 Å². The Kier molecular flexibility index (Phi) is 5.06. The van der Waals surface area contributed by atoms with Crippen molar-refractivity contribution in [1.82, 2.24) is 15.2 Å². The molecular weight excluding hydrogens is 396 g/mol. The number of allylic oxidation sites excluding steroid dienone is 1. The van der Waals surface area contributed by atoms with Gasteiger partial charge in [0, 0.05) is 29.3 Å². The molecule has 1 aliphatic heterocycles. The second-order valence-electron chi connectivity index (χ2n) is 7.78. The lowest BCUT2D eigenvalue weighted by atomic mass is 9.86. The SMILES string of the molecule is CC1=C(c2nc(-c3cccc(C#N)c3)cs2)C(C2=CC(C)(O)CC=C2)NC(=O)N1C. The predicted octanol–water partition coefficient (Wildman–Crippen LogP) is 4.07. The Bertz CT molecular complexity index is 1150. The van der Waals surface area contributed by atoms with Crippen molar-refractivity contribution in [1.29, 1.82) is 5.26 Å². The van der Waals surface area contributed by atoms with Crippen molar-refractivity contribution in [3.05, 3.63) is 69.7 Å². The van der Waals surface area contributed by atoms with Gasteiger partial charge in [-0.25, -0.2) is 9.78 Å².